The molecule has 0 saturated heterocycles. The number of hydrogen-bond donors (Lipinski definition) is 1. The van der Waals surface area contributed by atoms with Crippen molar-refractivity contribution in [1.29, 1.82) is 0 Å². The van der Waals surface area contributed by atoms with Gasteiger partial charge in [-0.3, -0.25) is 0 Å². The molecule has 1 aromatic heterocycles. The summed E-state index contributed by atoms with van der Waals surface area (Å²) in [5.74, 6) is -0.407. The first-order chi connectivity index (χ1) is 8.61. The fourth-order valence-corrected chi connectivity index (χ4v) is 1.61. The molecule has 0 saturated carbocycles. The second-order valence-electron chi connectivity index (χ2n) is 3.76. The third kappa shape index (κ3) is 2.60. The van der Waals surface area contributed by atoms with Crippen molar-refractivity contribution in [3.05, 3.63) is 52.4 Å². The van der Waals surface area contributed by atoms with Crippen LogP contribution in [-0.2, 0) is 6.61 Å². The fourth-order valence-electron chi connectivity index (χ4n) is 1.44. The lowest BCUT2D eigenvalue weighted by Crippen LogP contribution is -1.98. The second-order valence-corrected chi connectivity index (χ2v) is 4.20. The predicted octanol–water partition coefficient (Wildman–Crippen LogP) is 3.47. The Morgan fingerprint density at radius 1 is 1.39 bits per heavy atom. The zero-order chi connectivity index (χ0) is 13.1. The summed E-state index contributed by atoms with van der Waals surface area (Å²) in [6.07, 6.45) is 1.38. The van der Waals surface area contributed by atoms with Crippen LogP contribution in [0.15, 0.2) is 30.5 Å². The van der Waals surface area contributed by atoms with E-state index in [0.717, 1.165) is 5.56 Å². The highest BCUT2D eigenvalue weighted by Gasteiger charge is 2.12. The van der Waals surface area contributed by atoms with Gasteiger partial charge in [0.2, 0.25) is 0 Å². The first kappa shape index (κ1) is 12.8. The Morgan fingerprint density at radius 2 is 2.17 bits per heavy atom. The molecule has 0 atom stereocenters. The van der Waals surface area contributed by atoms with E-state index in [1.165, 1.54) is 12.3 Å². The van der Waals surface area contributed by atoms with Crippen LogP contribution in [0.2, 0.25) is 5.02 Å². The largest absolute Gasteiger partial charge is 0.436 e. The van der Waals surface area contributed by atoms with Crippen molar-refractivity contribution >= 4 is 11.6 Å². The molecule has 5 heteroatoms. The van der Waals surface area contributed by atoms with Gasteiger partial charge in [-0.2, -0.15) is 0 Å². The highest BCUT2D eigenvalue weighted by Crippen LogP contribution is 2.29. The number of aromatic nitrogens is 1. The molecule has 94 valence electrons. The van der Waals surface area contributed by atoms with Gasteiger partial charge in [-0.25, -0.2) is 9.37 Å². The first-order valence-corrected chi connectivity index (χ1v) is 5.68. The van der Waals surface area contributed by atoms with E-state index in [0.29, 0.717) is 10.8 Å². The van der Waals surface area contributed by atoms with Crippen LogP contribution in [-0.4, -0.2) is 10.1 Å². The van der Waals surface area contributed by atoms with Gasteiger partial charge in [-0.1, -0.05) is 17.7 Å². The monoisotopic (exact) mass is 267 g/mol. The number of benzene rings is 1. The molecule has 18 heavy (non-hydrogen) atoms. The van der Waals surface area contributed by atoms with E-state index in [1.807, 2.05) is 6.92 Å². The number of halogens is 2. The zero-order valence-electron chi connectivity index (χ0n) is 9.65. The standard InChI is InChI=1S/C13H11ClFNO2/c1-8-2-3-10(14)6-11(8)18-13-12(15)9(7-17)4-5-16-13/h2-6,17H,7H2,1H3. The molecule has 0 aliphatic heterocycles. The summed E-state index contributed by atoms with van der Waals surface area (Å²) in [4.78, 5) is 3.80. The molecule has 0 aliphatic carbocycles. The van der Waals surface area contributed by atoms with Gasteiger partial charge in [0.05, 0.1) is 6.61 Å². The van der Waals surface area contributed by atoms with Crippen molar-refractivity contribution in [2.75, 3.05) is 0 Å². The quantitative estimate of drug-likeness (QED) is 0.926. The molecule has 0 unspecified atom stereocenters. The van der Waals surface area contributed by atoms with Crippen molar-refractivity contribution in [2.24, 2.45) is 0 Å². The molecule has 2 rings (SSSR count). The van der Waals surface area contributed by atoms with Crippen molar-refractivity contribution in [2.45, 2.75) is 13.5 Å². The predicted molar refractivity (Wildman–Crippen MR) is 66.4 cm³/mol. The number of rotatable bonds is 3. The van der Waals surface area contributed by atoms with Crippen LogP contribution in [0.1, 0.15) is 11.1 Å². The van der Waals surface area contributed by atoms with E-state index < -0.39 is 12.4 Å². The van der Waals surface area contributed by atoms with E-state index in [9.17, 15) is 4.39 Å². The molecule has 0 radical (unpaired) electrons. The molecule has 1 heterocycles. The molecule has 1 N–H and O–H groups in total. The van der Waals surface area contributed by atoms with E-state index in [2.05, 4.69) is 4.98 Å². The number of nitrogens with zero attached hydrogens (tertiary/aromatic N) is 1. The molecule has 0 fully saturated rings. The highest BCUT2D eigenvalue weighted by molar-refractivity contribution is 6.30. The fraction of sp³-hybridized carbons (Fsp3) is 0.154. The number of ether oxygens (including phenoxy) is 1. The number of pyridine rings is 1. The molecule has 2 aromatic rings. The van der Waals surface area contributed by atoms with Crippen LogP contribution in [0.25, 0.3) is 0 Å². The zero-order valence-corrected chi connectivity index (χ0v) is 10.4. The molecule has 3 nitrogen and oxygen atoms in total. The lowest BCUT2D eigenvalue weighted by atomic mass is 10.2. The van der Waals surface area contributed by atoms with Gasteiger partial charge in [-0.05, 0) is 30.7 Å². The maximum atomic E-state index is 13.8. The van der Waals surface area contributed by atoms with E-state index >= 15 is 0 Å². The topological polar surface area (TPSA) is 42.4 Å². The SMILES string of the molecule is Cc1ccc(Cl)cc1Oc1nccc(CO)c1F. The average Bonchev–Trinajstić information content (AvgIpc) is 2.36. The minimum absolute atomic E-state index is 0.139. The molecule has 0 amide bonds. The lowest BCUT2D eigenvalue weighted by molar-refractivity contribution is 0.273. The minimum atomic E-state index is -0.667. The van der Waals surface area contributed by atoms with Gasteiger partial charge in [0.25, 0.3) is 5.88 Å². The van der Waals surface area contributed by atoms with Crippen LogP contribution >= 0.6 is 11.6 Å². The summed E-state index contributed by atoms with van der Waals surface area (Å²) in [6, 6.07) is 6.47. The molecule has 0 aliphatic rings. The van der Waals surface area contributed by atoms with Crippen molar-refractivity contribution < 1.29 is 14.2 Å². The Kier molecular flexibility index (Phi) is 3.79. The normalized spacial score (nSPS) is 10.4. The number of hydrogen-bond acceptors (Lipinski definition) is 3. The van der Waals surface area contributed by atoms with E-state index in [-0.39, 0.29) is 11.4 Å². The smallest absolute Gasteiger partial charge is 0.256 e. The summed E-state index contributed by atoms with van der Waals surface area (Å²) in [5.41, 5.74) is 0.953. The average molecular weight is 268 g/mol. The minimum Gasteiger partial charge on any atom is -0.436 e. The highest BCUT2D eigenvalue weighted by atomic mass is 35.5. The van der Waals surface area contributed by atoms with E-state index in [1.54, 1.807) is 18.2 Å². The molecule has 1 aromatic carbocycles. The van der Waals surface area contributed by atoms with Crippen LogP contribution < -0.4 is 4.74 Å². The second kappa shape index (κ2) is 5.33. The molecule has 0 bridgehead atoms. The third-order valence-electron chi connectivity index (χ3n) is 2.46. The maximum absolute atomic E-state index is 13.8. The Balaban J connectivity index is 2.37. The summed E-state index contributed by atoms with van der Waals surface area (Å²) in [7, 11) is 0. The van der Waals surface area contributed by atoms with Crippen LogP contribution in [0, 0.1) is 12.7 Å². The molecular weight excluding hydrogens is 257 g/mol. The van der Waals surface area contributed by atoms with Crippen molar-refractivity contribution in [1.82, 2.24) is 4.98 Å². The lowest BCUT2D eigenvalue weighted by Gasteiger charge is -2.10. The Bertz CT molecular complexity index is 575. The van der Waals surface area contributed by atoms with Gasteiger partial charge in [0.15, 0.2) is 5.82 Å². The van der Waals surface area contributed by atoms with Crippen LogP contribution in [0.5, 0.6) is 11.6 Å². The number of aliphatic hydroxyl groups excluding tert-OH is 1. The number of aliphatic hydroxyl groups is 1. The summed E-state index contributed by atoms with van der Waals surface area (Å²) < 4.78 is 19.2. The Morgan fingerprint density at radius 3 is 2.89 bits per heavy atom. The van der Waals surface area contributed by atoms with Crippen molar-refractivity contribution in [3.8, 4) is 11.6 Å². The summed E-state index contributed by atoms with van der Waals surface area (Å²) in [6.45, 7) is 1.42. The number of aryl methyl sites for hydroxylation is 1. The van der Waals surface area contributed by atoms with Crippen molar-refractivity contribution in [3.63, 3.8) is 0 Å². The summed E-state index contributed by atoms with van der Waals surface area (Å²) in [5, 5.41) is 9.46. The van der Waals surface area contributed by atoms with Gasteiger partial charge in [0.1, 0.15) is 5.75 Å². The van der Waals surface area contributed by atoms with Crippen LogP contribution in [0.4, 0.5) is 4.39 Å². The van der Waals surface area contributed by atoms with Crippen LogP contribution in [0.3, 0.4) is 0 Å². The Labute approximate surface area is 109 Å². The first-order valence-electron chi connectivity index (χ1n) is 5.30. The van der Waals surface area contributed by atoms with Gasteiger partial charge < -0.3 is 9.84 Å². The Hall–Kier alpha value is -1.65. The van der Waals surface area contributed by atoms with Gasteiger partial charge >= 0.3 is 0 Å². The van der Waals surface area contributed by atoms with Gasteiger partial charge in [-0.15, -0.1) is 0 Å². The van der Waals surface area contributed by atoms with E-state index in [4.69, 9.17) is 21.4 Å². The summed E-state index contributed by atoms with van der Waals surface area (Å²) >= 11 is 5.85. The maximum Gasteiger partial charge on any atom is 0.256 e. The van der Waals surface area contributed by atoms with Gasteiger partial charge in [0, 0.05) is 16.8 Å². The third-order valence-corrected chi connectivity index (χ3v) is 2.70. The molecule has 0 spiro atoms. The molecular formula is C13H11ClFNO2.